The standard InChI is InChI=1S/C18H27BN2/c1-14-8-15(4-6-19)2-3-18(14)9-17-12-21(13-17)11-16-5-7-20-10-16/h2-3,8,16-17,20H,4-7,9-13H2,1H3. The molecule has 1 N–H and O–H groups in total. The molecule has 1 atom stereocenters. The lowest BCUT2D eigenvalue weighted by molar-refractivity contribution is 0.0845. The molecule has 112 valence electrons. The van der Waals surface area contributed by atoms with E-state index in [9.17, 15) is 0 Å². The molecule has 1 aromatic rings. The smallest absolute Gasteiger partial charge is 0.0657 e. The lowest BCUT2D eigenvalue weighted by atomic mass is 9.88. The Kier molecular flexibility index (Phi) is 5.02. The Morgan fingerprint density at radius 1 is 1.29 bits per heavy atom. The van der Waals surface area contributed by atoms with E-state index in [4.69, 9.17) is 7.85 Å². The van der Waals surface area contributed by atoms with Crippen molar-refractivity contribution in [2.75, 3.05) is 32.7 Å². The van der Waals surface area contributed by atoms with E-state index in [0.29, 0.717) is 0 Å². The molecule has 3 rings (SSSR count). The lowest BCUT2D eigenvalue weighted by Gasteiger charge is -2.41. The van der Waals surface area contributed by atoms with Crippen LogP contribution in [0.1, 0.15) is 23.1 Å². The minimum absolute atomic E-state index is 0.742. The van der Waals surface area contributed by atoms with Crippen molar-refractivity contribution < 1.29 is 0 Å². The molecule has 0 bridgehead atoms. The van der Waals surface area contributed by atoms with Gasteiger partial charge in [0.2, 0.25) is 0 Å². The van der Waals surface area contributed by atoms with Gasteiger partial charge in [0.05, 0.1) is 7.85 Å². The summed E-state index contributed by atoms with van der Waals surface area (Å²) in [5.41, 5.74) is 4.35. The molecule has 1 unspecified atom stereocenters. The average Bonchev–Trinajstić information content (AvgIpc) is 2.92. The van der Waals surface area contributed by atoms with E-state index in [1.807, 2.05) is 0 Å². The summed E-state index contributed by atoms with van der Waals surface area (Å²) in [5, 5.41) is 3.46. The van der Waals surface area contributed by atoms with Crippen molar-refractivity contribution in [1.82, 2.24) is 10.2 Å². The number of hydrogen-bond donors (Lipinski definition) is 1. The molecule has 0 amide bonds. The summed E-state index contributed by atoms with van der Waals surface area (Å²) in [6.07, 6.45) is 4.34. The fourth-order valence-electron chi connectivity index (χ4n) is 3.81. The molecular formula is C18H27BN2. The van der Waals surface area contributed by atoms with Gasteiger partial charge in [-0.2, -0.15) is 0 Å². The normalized spacial score (nSPS) is 23.4. The predicted molar refractivity (Wildman–Crippen MR) is 90.1 cm³/mol. The number of aryl methyl sites for hydroxylation is 2. The summed E-state index contributed by atoms with van der Waals surface area (Å²) < 4.78 is 0. The van der Waals surface area contributed by atoms with Gasteiger partial charge in [0.25, 0.3) is 0 Å². The summed E-state index contributed by atoms with van der Waals surface area (Å²) in [4.78, 5) is 2.64. The molecule has 2 aliphatic rings. The van der Waals surface area contributed by atoms with Gasteiger partial charge >= 0.3 is 0 Å². The van der Waals surface area contributed by atoms with E-state index < -0.39 is 0 Å². The Morgan fingerprint density at radius 3 is 2.81 bits per heavy atom. The van der Waals surface area contributed by atoms with E-state index in [0.717, 1.165) is 24.6 Å². The molecule has 2 saturated heterocycles. The summed E-state index contributed by atoms with van der Waals surface area (Å²) in [7, 11) is 5.63. The van der Waals surface area contributed by atoms with Crippen molar-refractivity contribution in [3.63, 3.8) is 0 Å². The number of likely N-dealkylation sites (tertiary alicyclic amines) is 1. The summed E-state index contributed by atoms with van der Waals surface area (Å²) in [5.74, 6) is 1.75. The Hall–Kier alpha value is -0.795. The van der Waals surface area contributed by atoms with Crippen LogP contribution < -0.4 is 5.32 Å². The lowest BCUT2D eigenvalue weighted by Crippen LogP contribution is -2.49. The number of benzene rings is 1. The van der Waals surface area contributed by atoms with Crippen LogP contribution in [0.4, 0.5) is 0 Å². The third kappa shape index (κ3) is 3.89. The Bertz CT molecular complexity index is 462. The maximum absolute atomic E-state index is 5.63. The molecule has 0 spiro atoms. The van der Waals surface area contributed by atoms with E-state index in [1.54, 1.807) is 0 Å². The second-order valence-electron chi connectivity index (χ2n) is 6.95. The maximum atomic E-state index is 5.63. The van der Waals surface area contributed by atoms with Gasteiger partial charge in [-0.05, 0) is 67.8 Å². The number of rotatable bonds is 6. The van der Waals surface area contributed by atoms with Gasteiger partial charge < -0.3 is 10.2 Å². The summed E-state index contributed by atoms with van der Waals surface area (Å²) in [6.45, 7) is 8.58. The van der Waals surface area contributed by atoms with Crippen LogP contribution in [0.15, 0.2) is 18.2 Å². The molecule has 0 aromatic heterocycles. The van der Waals surface area contributed by atoms with E-state index in [-0.39, 0.29) is 0 Å². The topological polar surface area (TPSA) is 15.3 Å². The first-order valence-corrected chi connectivity index (χ1v) is 8.46. The third-order valence-corrected chi connectivity index (χ3v) is 5.06. The van der Waals surface area contributed by atoms with Gasteiger partial charge in [-0.15, -0.1) is 0 Å². The molecule has 0 saturated carbocycles. The first-order valence-electron chi connectivity index (χ1n) is 8.46. The number of hydrogen-bond acceptors (Lipinski definition) is 2. The fourth-order valence-corrected chi connectivity index (χ4v) is 3.81. The highest BCUT2D eigenvalue weighted by atomic mass is 15.2. The Labute approximate surface area is 130 Å². The first-order chi connectivity index (χ1) is 10.2. The molecule has 0 aliphatic carbocycles. The summed E-state index contributed by atoms with van der Waals surface area (Å²) >= 11 is 0. The maximum Gasteiger partial charge on any atom is 0.0657 e. The number of nitrogens with one attached hydrogen (secondary N) is 1. The zero-order valence-electron chi connectivity index (χ0n) is 13.3. The number of nitrogens with zero attached hydrogens (tertiary/aromatic N) is 1. The van der Waals surface area contributed by atoms with Gasteiger partial charge in [-0.1, -0.05) is 24.5 Å². The molecular weight excluding hydrogens is 255 g/mol. The largest absolute Gasteiger partial charge is 0.316 e. The van der Waals surface area contributed by atoms with Gasteiger partial charge in [-0.3, -0.25) is 0 Å². The van der Waals surface area contributed by atoms with Crippen LogP contribution >= 0.6 is 0 Å². The highest BCUT2D eigenvalue weighted by Crippen LogP contribution is 2.24. The highest BCUT2D eigenvalue weighted by Gasteiger charge is 2.29. The first kappa shape index (κ1) is 15.1. The van der Waals surface area contributed by atoms with Crippen LogP contribution in [-0.4, -0.2) is 45.5 Å². The van der Waals surface area contributed by atoms with Gasteiger partial charge in [0.1, 0.15) is 0 Å². The van der Waals surface area contributed by atoms with Crippen molar-refractivity contribution in [1.29, 1.82) is 0 Å². The molecule has 1 aromatic carbocycles. The van der Waals surface area contributed by atoms with Crippen molar-refractivity contribution in [3.05, 3.63) is 34.9 Å². The van der Waals surface area contributed by atoms with Gasteiger partial charge in [0.15, 0.2) is 0 Å². The van der Waals surface area contributed by atoms with Gasteiger partial charge in [0, 0.05) is 19.6 Å². The van der Waals surface area contributed by atoms with Crippen LogP contribution in [0.25, 0.3) is 0 Å². The third-order valence-electron chi connectivity index (χ3n) is 5.06. The molecule has 21 heavy (non-hydrogen) atoms. The van der Waals surface area contributed by atoms with E-state index in [1.165, 1.54) is 62.3 Å². The van der Waals surface area contributed by atoms with Crippen molar-refractivity contribution in [2.24, 2.45) is 11.8 Å². The van der Waals surface area contributed by atoms with Crippen LogP contribution in [-0.2, 0) is 12.8 Å². The second kappa shape index (κ2) is 6.98. The molecule has 2 nitrogen and oxygen atoms in total. The monoisotopic (exact) mass is 282 g/mol. The molecule has 2 aliphatic heterocycles. The highest BCUT2D eigenvalue weighted by molar-refractivity contribution is 6.08. The van der Waals surface area contributed by atoms with Crippen molar-refractivity contribution >= 4 is 7.85 Å². The van der Waals surface area contributed by atoms with Gasteiger partial charge in [-0.25, -0.2) is 0 Å². The predicted octanol–water partition coefficient (Wildman–Crippen LogP) is 2.21. The van der Waals surface area contributed by atoms with Crippen LogP contribution in [0.3, 0.4) is 0 Å². The molecule has 3 heteroatoms. The quantitative estimate of drug-likeness (QED) is 0.805. The fraction of sp³-hybridized carbons (Fsp3) is 0.667. The minimum Gasteiger partial charge on any atom is -0.316 e. The van der Waals surface area contributed by atoms with Crippen LogP contribution in [0.5, 0.6) is 0 Å². The SMILES string of the molecule is [B]CCc1ccc(CC2CN(CC3CCNC3)C2)c(C)c1. The minimum atomic E-state index is 0.742. The molecule has 2 fully saturated rings. The van der Waals surface area contributed by atoms with Crippen molar-refractivity contribution in [2.45, 2.75) is 32.5 Å². The zero-order valence-corrected chi connectivity index (χ0v) is 13.3. The molecule has 2 radical (unpaired) electrons. The van der Waals surface area contributed by atoms with Crippen molar-refractivity contribution in [3.8, 4) is 0 Å². The Morgan fingerprint density at radius 2 is 2.14 bits per heavy atom. The summed E-state index contributed by atoms with van der Waals surface area (Å²) in [6, 6.07) is 6.91. The Balaban J connectivity index is 1.45. The zero-order chi connectivity index (χ0) is 14.7. The van der Waals surface area contributed by atoms with Crippen LogP contribution in [0, 0.1) is 18.8 Å². The van der Waals surface area contributed by atoms with E-state index in [2.05, 4.69) is 35.3 Å². The van der Waals surface area contributed by atoms with E-state index >= 15 is 0 Å². The second-order valence-corrected chi connectivity index (χ2v) is 6.95. The average molecular weight is 282 g/mol. The van der Waals surface area contributed by atoms with Crippen LogP contribution in [0.2, 0.25) is 6.32 Å². The molecule has 2 heterocycles.